The Morgan fingerprint density at radius 3 is 2.59 bits per heavy atom. The molecule has 1 aromatic heterocycles. The number of hydrogen-bond donors (Lipinski definition) is 2. The molecule has 1 aliphatic carbocycles. The van der Waals surface area contributed by atoms with Crippen molar-refractivity contribution in [1.82, 2.24) is 9.88 Å². The number of aliphatic hydroxyl groups is 1. The highest BCUT2D eigenvalue weighted by Gasteiger charge is 2.45. The van der Waals surface area contributed by atoms with Crippen molar-refractivity contribution in [3.05, 3.63) is 63.9 Å². The average molecular weight is 389 g/mol. The summed E-state index contributed by atoms with van der Waals surface area (Å²) in [6.45, 7) is 1.77. The highest BCUT2D eigenvalue weighted by molar-refractivity contribution is 6.30. The summed E-state index contributed by atoms with van der Waals surface area (Å²) in [6, 6.07) is 10.0. The van der Waals surface area contributed by atoms with Gasteiger partial charge in [-0.25, -0.2) is 0 Å². The number of halogens is 1. The lowest BCUT2D eigenvalue weighted by atomic mass is 9.72. The fourth-order valence-corrected chi connectivity index (χ4v) is 4.56. The molecule has 2 aromatic rings. The molecule has 6 heteroatoms. The summed E-state index contributed by atoms with van der Waals surface area (Å²) in [5.74, 6) is 0.181. The molecule has 2 aliphatic rings. The maximum Gasteiger partial charge on any atom is 0.290 e. The average Bonchev–Trinajstić information content (AvgIpc) is 2.79. The van der Waals surface area contributed by atoms with Crippen LogP contribution in [0, 0.1) is 5.92 Å². The van der Waals surface area contributed by atoms with Gasteiger partial charge >= 0.3 is 0 Å². The Morgan fingerprint density at radius 2 is 1.89 bits per heavy atom. The quantitative estimate of drug-likeness (QED) is 0.734. The van der Waals surface area contributed by atoms with Crippen molar-refractivity contribution in [3.63, 3.8) is 0 Å². The number of likely N-dealkylation sites (tertiary alicyclic amines) is 1. The number of carboxylic acid groups (broad SMARTS) is 1. The van der Waals surface area contributed by atoms with Crippen LogP contribution < -0.4 is 0 Å². The SMILES string of the molecule is CN1CCC(C2(O)c3ccc(Cl)cc3CCc3cccnc32)CC1.O=CO. The van der Waals surface area contributed by atoms with Gasteiger partial charge in [-0.05, 0) is 80.7 Å². The number of benzene rings is 1. The lowest BCUT2D eigenvalue weighted by Crippen LogP contribution is -2.44. The maximum atomic E-state index is 12.0. The number of aromatic nitrogens is 1. The molecule has 0 amide bonds. The first-order chi connectivity index (χ1) is 13.0. The van der Waals surface area contributed by atoms with Gasteiger partial charge in [0.15, 0.2) is 0 Å². The molecule has 0 radical (unpaired) electrons. The second-order valence-electron chi connectivity index (χ2n) is 7.26. The second kappa shape index (κ2) is 8.38. The minimum Gasteiger partial charge on any atom is -0.483 e. The number of aryl methyl sites for hydroxylation is 2. The summed E-state index contributed by atoms with van der Waals surface area (Å²) < 4.78 is 0. The number of hydrogen-bond acceptors (Lipinski definition) is 4. The maximum absolute atomic E-state index is 12.0. The molecule has 4 rings (SSSR count). The van der Waals surface area contributed by atoms with E-state index in [-0.39, 0.29) is 12.4 Å². The van der Waals surface area contributed by atoms with Crippen molar-refractivity contribution in [2.24, 2.45) is 5.92 Å². The molecule has 144 valence electrons. The zero-order valence-corrected chi connectivity index (χ0v) is 16.2. The number of piperidine rings is 1. The van der Waals surface area contributed by atoms with Crippen molar-refractivity contribution in [1.29, 1.82) is 0 Å². The lowest BCUT2D eigenvalue weighted by Gasteiger charge is -2.41. The van der Waals surface area contributed by atoms with Gasteiger partial charge in [-0.15, -0.1) is 0 Å². The van der Waals surface area contributed by atoms with Crippen LogP contribution in [-0.4, -0.2) is 46.7 Å². The second-order valence-corrected chi connectivity index (χ2v) is 7.70. The minimum atomic E-state index is -1.02. The summed E-state index contributed by atoms with van der Waals surface area (Å²) in [5, 5.41) is 19.7. The van der Waals surface area contributed by atoms with E-state index in [9.17, 15) is 5.11 Å². The predicted octanol–water partition coefficient (Wildman–Crippen LogP) is 3.11. The summed E-state index contributed by atoms with van der Waals surface area (Å²) in [7, 11) is 2.15. The Kier molecular flexibility index (Phi) is 6.15. The Labute approximate surface area is 164 Å². The molecule has 2 heterocycles. The largest absolute Gasteiger partial charge is 0.483 e. The zero-order chi connectivity index (χ0) is 19.4. The van der Waals surface area contributed by atoms with Crippen LogP contribution in [0.5, 0.6) is 0 Å². The molecule has 1 atom stereocenters. The van der Waals surface area contributed by atoms with Crippen molar-refractivity contribution < 1.29 is 15.0 Å². The van der Waals surface area contributed by atoms with E-state index in [0.717, 1.165) is 66.2 Å². The van der Waals surface area contributed by atoms with Gasteiger partial charge in [0.05, 0.1) is 5.69 Å². The number of fused-ring (bicyclic) bond motifs is 2. The van der Waals surface area contributed by atoms with E-state index in [4.69, 9.17) is 21.5 Å². The number of carbonyl (C=O) groups is 1. The number of rotatable bonds is 1. The van der Waals surface area contributed by atoms with Gasteiger partial charge in [-0.2, -0.15) is 0 Å². The Balaban J connectivity index is 0.000000659. The topological polar surface area (TPSA) is 73.7 Å². The van der Waals surface area contributed by atoms with Crippen molar-refractivity contribution in [2.45, 2.75) is 31.3 Å². The molecule has 0 saturated carbocycles. The fraction of sp³-hybridized carbons (Fsp3) is 0.429. The molecule has 1 fully saturated rings. The van der Waals surface area contributed by atoms with Crippen LogP contribution in [0.3, 0.4) is 0 Å². The van der Waals surface area contributed by atoms with Crippen LogP contribution >= 0.6 is 11.6 Å². The van der Waals surface area contributed by atoms with Crippen LogP contribution in [0.1, 0.15) is 35.2 Å². The Bertz CT molecular complexity index is 806. The molecule has 1 aliphatic heterocycles. The number of pyridine rings is 1. The van der Waals surface area contributed by atoms with Crippen molar-refractivity contribution in [3.8, 4) is 0 Å². The van der Waals surface area contributed by atoms with Crippen LogP contribution in [0.15, 0.2) is 36.5 Å². The molecule has 1 aromatic carbocycles. The first kappa shape index (κ1) is 19.8. The molecule has 5 nitrogen and oxygen atoms in total. The third-order valence-electron chi connectivity index (χ3n) is 5.70. The highest BCUT2D eigenvalue weighted by Crippen LogP contribution is 2.45. The monoisotopic (exact) mass is 388 g/mol. The van der Waals surface area contributed by atoms with E-state index >= 15 is 0 Å². The van der Waals surface area contributed by atoms with Crippen LogP contribution in [0.2, 0.25) is 5.02 Å². The smallest absolute Gasteiger partial charge is 0.290 e. The molecule has 2 N–H and O–H groups in total. The lowest BCUT2D eigenvalue weighted by molar-refractivity contribution is -0.122. The normalized spacial score (nSPS) is 22.6. The van der Waals surface area contributed by atoms with E-state index in [1.807, 2.05) is 24.3 Å². The first-order valence-electron chi connectivity index (χ1n) is 9.22. The number of nitrogens with zero attached hydrogens (tertiary/aromatic N) is 2. The summed E-state index contributed by atoms with van der Waals surface area (Å²) in [4.78, 5) is 15.3. The molecule has 1 unspecified atom stereocenters. The van der Waals surface area contributed by atoms with Gasteiger partial charge in [-0.3, -0.25) is 9.78 Å². The van der Waals surface area contributed by atoms with Crippen LogP contribution in [-0.2, 0) is 23.2 Å². The Hall–Kier alpha value is -1.95. The van der Waals surface area contributed by atoms with E-state index < -0.39 is 5.60 Å². The fourth-order valence-electron chi connectivity index (χ4n) is 4.36. The molecule has 0 bridgehead atoms. The molecular formula is C21H25ClN2O3. The van der Waals surface area contributed by atoms with Crippen LogP contribution in [0.4, 0.5) is 0 Å². The van der Waals surface area contributed by atoms with E-state index in [1.165, 1.54) is 0 Å². The highest BCUT2D eigenvalue weighted by atomic mass is 35.5. The van der Waals surface area contributed by atoms with Gasteiger partial charge in [0.2, 0.25) is 0 Å². The van der Waals surface area contributed by atoms with Gasteiger partial charge < -0.3 is 15.1 Å². The van der Waals surface area contributed by atoms with E-state index in [1.54, 1.807) is 6.20 Å². The summed E-state index contributed by atoms with van der Waals surface area (Å²) in [6.07, 6.45) is 5.55. The van der Waals surface area contributed by atoms with Gasteiger partial charge in [0.1, 0.15) is 5.60 Å². The van der Waals surface area contributed by atoms with Gasteiger partial charge in [0.25, 0.3) is 6.47 Å². The first-order valence-corrected chi connectivity index (χ1v) is 9.60. The molecule has 0 spiro atoms. The Morgan fingerprint density at radius 1 is 1.22 bits per heavy atom. The van der Waals surface area contributed by atoms with Crippen molar-refractivity contribution >= 4 is 18.1 Å². The van der Waals surface area contributed by atoms with E-state index in [0.29, 0.717) is 0 Å². The third kappa shape index (κ3) is 3.86. The molecular weight excluding hydrogens is 364 g/mol. The standard InChI is InChI=1S/C20H23ClN2O.CH2O2/c1-23-11-8-16(9-12-23)20(24)18-7-6-17(21)13-15(18)5-4-14-3-2-10-22-19(14)20;2-1-3/h2-3,6-7,10,13,16,24H,4-5,8-9,11-12H2,1H3;1H,(H,2,3). The third-order valence-corrected chi connectivity index (χ3v) is 5.94. The zero-order valence-electron chi connectivity index (χ0n) is 15.4. The minimum absolute atomic E-state index is 0.181. The van der Waals surface area contributed by atoms with Gasteiger partial charge in [-0.1, -0.05) is 23.7 Å². The predicted molar refractivity (Wildman–Crippen MR) is 105 cm³/mol. The molecule has 1 saturated heterocycles. The van der Waals surface area contributed by atoms with Crippen molar-refractivity contribution in [2.75, 3.05) is 20.1 Å². The molecule has 27 heavy (non-hydrogen) atoms. The van der Waals surface area contributed by atoms with Gasteiger partial charge in [0, 0.05) is 17.1 Å². The summed E-state index contributed by atoms with van der Waals surface area (Å²) >= 11 is 6.24. The van der Waals surface area contributed by atoms with Crippen LogP contribution in [0.25, 0.3) is 0 Å². The van der Waals surface area contributed by atoms with E-state index in [2.05, 4.69) is 23.0 Å². The summed E-state index contributed by atoms with van der Waals surface area (Å²) in [5.41, 5.74) is 3.14.